The van der Waals surface area contributed by atoms with Crippen LogP contribution >= 0.6 is 12.2 Å². The third-order valence-corrected chi connectivity index (χ3v) is 6.05. The summed E-state index contributed by atoms with van der Waals surface area (Å²) in [7, 11) is 0. The van der Waals surface area contributed by atoms with E-state index in [2.05, 4.69) is 34.3 Å². The number of hydrogen-bond donors (Lipinski definition) is 2. The number of hydrogen-bond acceptors (Lipinski definition) is 4. The smallest absolute Gasteiger partial charge is 0.253 e. The molecule has 0 aliphatic carbocycles. The molecular weight excluding hydrogens is 408 g/mol. The molecule has 1 atom stereocenters. The lowest BCUT2D eigenvalue weighted by molar-refractivity contribution is 0.113. The first-order valence-electron chi connectivity index (χ1n) is 10.8. The van der Waals surface area contributed by atoms with E-state index in [4.69, 9.17) is 17.0 Å². The fourth-order valence-electron chi connectivity index (χ4n) is 3.87. The van der Waals surface area contributed by atoms with Crippen molar-refractivity contribution in [2.24, 2.45) is 0 Å². The molecule has 3 heterocycles. The van der Waals surface area contributed by atoms with Crippen LogP contribution < -0.4 is 10.9 Å². The minimum atomic E-state index is -0.0881. The van der Waals surface area contributed by atoms with E-state index in [1.54, 1.807) is 6.20 Å². The molecule has 1 aliphatic heterocycles. The zero-order valence-corrected chi connectivity index (χ0v) is 18.6. The Morgan fingerprint density at radius 3 is 2.94 bits per heavy atom. The fourth-order valence-corrected chi connectivity index (χ4v) is 4.09. The van der Waals surface area contributed by atoms with Crippen LogP contribution in [-0.2, 0) is 24.2 Å². The number of nitrogens with zero attached hydrogens (tertiary/aromatic N) is 2. The van der Waals surface area contributed by atoms with Gasteiger partial charge in [0.05, 0.1) is 12.6 Å². The Bertz CT molecular complexity index is 1090. The summed E-state index contributed by atoms with van der Waals surface area (Å²) in [5.41, 5.74) is 3.73. The molecule has 3 aromatic rings. The van der Waals surface area contributed by atoms with Gasteiger partial charge in [0, 0.05) is 43.2 Å². The van der Waals surface area contributed by atoms with E-state index < -0.39 is 0 Å². The normalized spacial score (nSPS) is 15.8. The monoisotopic (exact) mass is 436 g/mol. The molecule has 31 heavy (non-hydrogen) atoms. The van der Waals surface area contributed by atoms with Gasteiger partial charge in [0.15, 0.2) is 5.11 Å². The number of aromatic nitrogens is 2. The zero-order valence-electron chi connectivity index (χ0n) is 17.8. The van der Waals surface area contributed by atoms with Crippen LogP contribution in [0.5, 0.6) is 0 Å². The van der Waals surface area contributed by atoms with Crippen molar-refractivity contribution in [3.8, 4) is 0 Å². The van der Waals surface area contributed by atoms with E-state index in [0.29, 0.717) is 30.3 Å². The Morgan fingerprint density at radius 2 is 2.19 bits per heavy atom. The lowest BCUT2D eigenvalue weighted by Gasteiger charge is -2.26. The summed E-state index contributed by atoms with van der Waals surface area (Å²) in [6.07, 6.45) is 6.85. The average Bonchev–Trinajstić information content (AvgIpc) is 3.31. The molecule has 0 amide bonds. The number of pyridine rings is 2. The van der Waals surface area contributed by atoms with Crippen molar-refractivity contribution in [3.05, 3.63) is 75.8 Å². The van der Waals surface area contributed by atoms with Gasteiger partial charge in [0.25, 0.3) is 5.56 Å². The van der Waals surface area contributed by atoms with Crippen LogP contribution in [0.2, 0.25) is 0 Å². The molecular formula is C24H28N4O2S. The van der Waals surface area contributed by atoms with E-state index in [1.165, 1.54) is 5.56 Å². The first-order valence-corrected chi connectivity index (χ1v) is 11.2. The van der Waals surface area contributed by atoms with Crippen LogP contribution in [0, 0.1) is 0 Å². The van der Waals surface area contributed by atoms with Gasteiger partial charge in [-0.25, -0.2) is 0 Å². The van der Waals surface area contributed by atoms with Crippen LogP contribution in [0.15, 0.2) is 53.6 Å². The molecule has 1 fully saturated rings. The molecule has 2 N–H and O–H groups in total. The number of rotatable bonds is 7. The molecule has 0 spiro atoms. The van der Waals surface area contributed by atoms with Gasteiger partial charge in [0.2, 0.25) is 0 Å². The number of fused-ring (bicyclic) bond motifs is 1. The minimum Gasteiger partial charge on any atom is -0.376 e. The first kappa shape index (κ1) is 21.5. The number of H-pyrrole nitrogens is 1. The third-order valence-electron chi connectivity index (χ3n) is 5.64. The van der Waals surface area contributed by atoms with Gasteiger partial charge in [-0.3, -0.25) is 9.78 Å². The highest BCUT2D eigenvalue weighted by molar-refractivity contribution is 7.80. The lowest BCUT2D eigenvalue weighted by Crippen LogP contribution is -2.42. The molecule has 1 aromatic carbocycles. The number of benzene rings is 1. The van der Waals surface area contributed by atoms with Crippen LogP contribution in [0.3, 0.4) is 0 Å². The SMILES string of the molecule is CCc1ccc2[nH]c(=O)c(CN(Cc3cccnc3)C(=S)NC[C@@H]3CCCO3)cc2c1. The summed E-state index contributed by atoms with van der Waals surface area (Å²) in [6.45, 7) is 4.59. The summed E-state index contributed by atoms with van der Waals surface area (Å²) < 4.78 is 5.70. The van der Waals surface area contributed by atoms with Crippen molar-refractivity contribution in [1.82, 2.24) is 20.2 Å². The van der Waals surface area contributed by atoms with Crippen molar-refractivity contribution in [2.45, 2.75) is 45.4 Å². The van der Waals surface area contributed by atoms with E-state index in [-0.39, 0.29) is 11.7 Å². The molecule has 162 valence electrons. The second-order valence-corrected chi connectivity index (χ2v) is 8.32. The van der Waals surface area contributed by atoms with Gasteiger partial charge in [-0.05, 0) is 72.3 Å². The Labute approximate surface area is 187 Å². The van der Waals surface area contributed by atoms with Gasteiger partial charge in [-0.2, -0.15) is 0 Å². The van der Waals surface area contributed by atoms with E-state index >= 15 is 0 Å². The molecule has 0 unspecified atom stereocenters. The van der Waals surface area contributed by atoms with Crippen LogP contribution in [-0.4, -0.2) is 39.2 Å². The molecule has 7 heteroatoms. The molecule has 4 rings (SSSR count). The molecule has 2 aromatic heterocycles. The Balaban J connectivity index is 1.57. The maximum Gasteiger partial charge on any atom is 0.253 e. The Hall–Kier alpha value is -2.77. The highest BCUT2D eigenvalue weighted by Gasteiger charge is 2.18. The van der Waals surface area contributed by atoms with Crippen LogP contribution in [0.1, 0.15) is 36.5 Å². The van der Waals surface area contributed by atoms with Crippen molar-refractivity contribution in [2.75, 3.05) is 13.2 Å². The molecule has 6 nitrogen and oxygen atoms in total. The van der Waals surface area contributed by atoms with Crippen molar-refractivity contribution < 1.29 is 4.74 Å². The van der Waals surface area contributed by atoms with Gasteiger partial charge in [-0.15, -0.1) is 0 Å². The molecule has 0 saturated carbocycles. The molecule has 0 radical (unpaired) electrons. The first-order chi connectivity index (χ1) is 15.1. The van der Waals surface area contributed by atoms with E-state index in [1.807, 2.05) is 35.4 Å². The summed E-state index contributed by atoms with van der Waals surface area (Å²) in [5, 5.41) is 4.99. The lowest BCUT2D eigenvalue weighted by atomic mass is 10.1. The highest BCUT2D eigenvalue weighted by atomic mass is 32.1. The summed E-state index contributed by atoms with van der Waals surface area (Å²) in [5.74, 6) is 0. The summed E-state index contributed by atoms with van der Waals surface area (Å²) in [4.78, 5) is 22.0. The van der Waals surface area contributed by atoms with Gasteiger partial charge < -0.3 is 19.9 Å². The molecule has 0 bridgehead atoms. The number of aromatic amines is 1. The Morgan fingerprint density at radius 1 is 1.29 bits per heavy atom. The largest absolute Gasteiger partial charge is 0.376 e. The van der Waals surface area contributed by atoms with Crippen molar-refractivity contribution in [1.29, 1.82) is 0 Å². The zero-order chi connectivity index (χ0) is 21.6. The van der Waals surface area contributed by atoms with E-state index in [0.717, 1.165) is 42.3 Å². The number of aryl methyl sites for hydroxylation is 1. The number of nitrogens with one attached hydrogen (secondary N) is 2. The van der Waals surface area contributed by atoms with Gasteiger partial charge >= 0.3 is 0 Å². The van der Waals surface area contributed by atoms with Gasteiger partial charge in [-0.1, -0.05) is 19.1 Å². The standard InChI is InChI=1S/C24H28N4O2S/c1-2-17-7-8-22-19(11-17)12-20(23(29)27-22)16-28(15-18-5-3-9-25-13-18)24(31)26-14-21-6-4-10-30-21/h3,5,7-9,11-13,21H,2,4,6,10,14-16H2,1H3,(H,26,31)(H,27,29)/t21-/m0/s1. The minimum absolute atomic E-state index is 0.0881. The number of thiocarbonyl (C=S) groups is 1. The predicted molar refractivity (Wildman–Crippen MR) is 127 cm³/mol. The fraction of sp³-hybridized carbons (Fsp3) is 0.375. The maximum absolute atomic E-state index is 12.8. The molecule has 1 aliphatic rings. The Kier molecular flexibility index (Phi) is 6.94. The van der Waals surface area contributed by atoms with Crippen molar-refractivity contribution in [3.63, 3.8) is 0 Å². The average molecular weight is 437 g/mol. The molecule has 1 saturated heterocycles. The van der Waals surface area contributed by atoms with E-state index in [9.17, 15) is 4.79 Å². The van der Waals surface area contributed by atoms with Crippen LogP contribution in [0.25, 0.3) is 10.9 Å². The maximum atomic E-state index is 12.8. The van der Waals surface area contributed by atoms with Crippen LogP contribution in [0.4, 0.5) is 0 Å². The predicted octanol–water partition coefficient (Wildman–Crippen LogP) is 3.54. The number of ether oxygens (including phenoxy) is 1. The second kappa shape index (κ2) is 10.0. The van der Waals surface area contributed by atoms with Gasteiger partial charge in [0.1, 0.15) is 0 Å². The topological polar surface area (TPSA) is 70.2 Å². The second-order valence-electron chi connectivity index (χ2n) is 7.94. The third kappa shape index (κ3) is 5.48. The van der Waals surface area contributed by atoms with Crippen molar-refractivity contribution >= 4 is 28.2 Å². The highest BCUT2D eigenvalue weighted by Crippen LogP contribution is 2.16. The summed E-state index contributed by atoms with van der Waals surface area (Å²) >= 11 is 5.71. The quantitative estimate of drug-likeness (QED) is 0.552. The summed E-state index contributed by atoms with van der Waals surface area (Å²) in [6, 6.07) is 12.1.